The Morgan fingerprint density at radius 3 is 2.39 bits per heavy atom. The maximum Gasteiger partial charge on any atom is 0.223 e. The van der Waals surface area contributed by atoms with E-state index in [-0.39, 0.29) is 0 Å². The Morgan fingerprint density at radius 1 is 0.913 bits per heavy atom. The Hall–Kier alpha value is -2.75. The van der Waals surface area contributed by atoms with Gasteiger partial charge in [-0.3, -0.25) is 4.98 Å². The zero-order valence-electron chi connectivity index (χ0n) is 13.4. The van der Waals surface area contributed by atoms with Crippen LogP contribution < -0.4 is 4.74 Å². The fourth-order valence-electron chi connectivity index (χ4n) is 2.23. The molecule has 4 heteroatoms. The average Bonchev–Trinajstić information content (AvgIpc) is 2.63. The summed E-state index contributed by atoms with van der Waals surface area (Å²) < 4.78 is 5.90. The molecule has 116 valence electrons. The minimum absolute atomic E-state index is 0.543. The van der Waals surface area contributed by atoms with Gasteiger partial charge in [0.1, 0.15) is 11.4 Å². The summed E-state index contributed by atoms with van der Waals surface area (Å²) in [6, 6.07) is 15.6. The van der Waals surface area contributed by atoms with Gasteiger partial charge < -0.3 is 4.74 Å². The molecule has 2 aromatic heterocycles. The van der Waals surface area contributed by atoms with Gasteiger partial charge in [-0.2, -0.15) is 4.98 Å². The summed E-state index contributed by atoms with van der Waals surface area (Å²) in [5.41, 5.74) is 2.96. The molecule has 3 rings (SSSR count). The van der Waals surface area contributed by atoms with Crippen LogP contribution in [0.3, 0.4) is 0 Å². The molecule has 0 N–H and O–H groups in total. The van der Waals surface area contributed by atoms with Crippen LogP contribution in [0.1, 0.15) is 25.1 Å². The second-order valence-corrected chi connectivity index (χ2v) is 5.19. The summed E-state index contributed by atoms with van der Waals surface area (Å²) in [6.45, 7) is 4.19. The van der Waals surface area contributed by atoms with Crippen LogP contribution in [0.25, 0.3) is 11.5 Å². The third-order valence-corrected chi connectivity index (χ3v) is 3.57. The van der Waals surface area contributed by atoms with Crippen molar-refractivity contribution < 1.29 is 4.74 Å². The second-order valence-electron chi connectivity index (χ2n) is 5.19. The first-order chi connectivity index (χ1) is 11.3. The van der Waals surface area contributed by atoms with E-state index >= 15 is 0 Å². The maximum atomic E-state index is 5.90. The Morgan fingerprint density at radius 2 is 1.74 bits per heavy atom. The molecule has 0 radical (unpaired) electrons. The molecule has 1 aromatic carbocycles. The van der Waals surface area contributed by atoms with Crippen LogP contribution in [0.5, 0.6) is 11.6 Å². The van der Waals surface area contributed by atoms with Gasteiger partial charge >= 0.3 is 0 Å². The van der Waals surface area contributed by atoms with Gasteiger partial charge in [-0.1, -0.05) is 32.0 Å². The molecule has 0 fully saturated rings. The number of nitrogens with zero attached hydrogens (tertiary/aromatic N) is 3. The van der Waals surface area contributed by atoms with E-state index in [1.54, 1.807) is 6.20 Å². The van der Waals surface area contributed by atoms with Gasteiger partial charge in [0.15, 0.2) is 5.82 Å². The van der Waals surface area contributed by atoms with Gasteiger partial charge in [-0.25, -0.2) is 4.98 Å². The number of rotatable bonds is 5. The van der Waals surface area contributed by atoms with Gasteiger partial charge in [-0.15, -0.1) is 0 Å². The van der Waals surface area contributed by atoms with Crippen LogP contribution in [-0.4, -0.2) is 15.0 Å². The molecule has 0 spiro atoms. The predicted octanol–water partition coefficient (Wildman–Crippen LogP) is 4.46. The van der Waals surface area contributed by atoms with Crippen LogP contribution in [-0.2, 0) is 12.8 Å². The van der Waals surface area contributed by atoms with E-state index in [2.05, 4.69) is 40.9 Å². The van der Waals surface area contributed by atoms with Crippen molar-refractivity contribution in [2.45, 2.75) is 26.7 Å². The average molecular weight is 305 g/mol. The fourth-order valence-corrected chi connectivity index (χ4v) is 2.23. The molecule has 0 aliphatic carbocycles. The topological polar surface area (TPSA) is 47.9 Å². The van der Waals surface area contributed by atoms with Crippen molar-refractivity contribution in [1.82, 2.24) is 15.0 Å². The van der Waals surface area contributed by atoms with Gasteiger partial charge in [0.25, 0.3) is 0 Å². The van der Waals surface area contributed by atoms with Crippen molar-refractivity contribution >= 4 is 0 Å². The van der Waals surface area contributed by atoms with E-state index in [0.29, 0.717) is 11.7 Å². The van der Waals surface area contributed by atoms with Crippen LogP contribution >= 0.6 is 0 Å². The summed E-state index contributed by atoms with van der Waals surface area (Å²) in [7, 11) is 0. The van der Waals surface area contributed by atoms with Crippen LogP contribution in [0, 0.1) is 0 Å². The number of ether oxygens (including phenoxy) is 1. The van der Waals surface area contributed by atoms with Crippen molar-refractivity contribution in [3.8, 4) is 23.1 Å². The van der Waals surface area contributed by atoms with Crippen molar-refractivity contribution in [2.24, 2.45) is 0 Å². The van der Waals surface area contributed by atoms with Gasteiger partial charge in [0.2, 0.25) is 5.88 Å². The molecular formula is C19H19N3O. The van der Waals surface area contributed by atoms with Crippen molar-refractivity contribution in [1.29, 1.82) is 0 Å². The highest BCUT2D eigenvalue weighted by Crippen LogP contribution is 2.23. The molecular weight excluding hydrogens is 286 g/mol. The number of aryl methyl sites for hydroxylation is 2. The van der Waals surface area contributed by atoms with E-state index in [9.17, 15) is 0 Å². The first-order valence-corrected chi connectivity index (χ1v) is 7.84. The summed E-state index contributed by atoms with van der Waals surface area (Å²) in [4.78, 5) is 13.3. The van der Waals surface area contributed by atoms with Crippen molar-refractivity contribution in [3.63, 3.8) is 0 Å². The monoisotopic (exact) mass is 305 g/mol. The Labute approximate surface area is 136 Å². The van der Waals surface area contributed by atoms with Crippen LogP contribution in [0.2, 0.25) is 0 Å². The van der Waals surface area contributed by atoms with E-state index in [4.69, 9.17) is 4.74 Å². The van der Waals surface area contributed by atoms with E-state index < -0.39 is 0 Å². The summed E-state index contributed by atoms with van der Waals surface area (Å²) in [5, 5.41) is 0. The molecule has 3 aromatic rings. The van der Waals surface area contributed by atoms with Gasteiger partial charge in [0.05, 0.1) is 0 Å². The quantitative estimate of drug-likeness (QED) is 0.698. The van der Waals surface area contributed by atoms with E-state index in [1.807, 2.05) is 36.4 Å². The molecule has 0 unspecified atom stereocenters. The van der Waals surface area contributed by atoms with Gasteiger partial charge in [-0.05, 0) is 42.7 Å². The smallest absolute Gasteiger partial charge is 0.223 e. The summed E-state index contributed by atoms with van der Waals surface area (Å²) in [5.74, 6) is 1.90. The third kappa shape index (κ3) is 3.72. The number of hydrogen-bond acceptors (Lipinski definition) is 4. The largest absolute Gasteiger partial charge is 0.439 e. The number of hydrogen-bond donors (Lipinski definition) is 0. The predicted molar refractivity (Wildman–Crippen MR) is 90.5 cm³/mol. The molecule has 0 saturated heterocycles. The number of aromatic nitrogens is 3. The molecule has 23 heavy (non-hydrogen) atoms. The summed E-state index contributed by atoms with van der Waals surface area (Å²) in [6.07, 6.45) is 3.56. The zero-order valence-corrected chi connectivity index (χ0v) is 13.4. The molecule has 0 amide bonds. The Bertz CT molecular complexity index is 770. The van der Waals surface area contributed by atoms with Crippen LogP contribution in [0.15, 0.2) is 54.7 Å². The lowest BCUT2D eigenvalue weighted by Gasteiger charge is -2.09. The van der Waals surface area contributed by atoms with E-state index in [1.165, 1.54) is 5.56 Å². The van der Waals surface area contributed by atoms with E-state index in [0.717, 1.165) is 30.0 Å². The Kier molecular flexibility index (Phi) is 4.62. The lowest BCUT2D eigenvalue weighted by Crippen LogP contribution is -1.99. The fraction of sp³-hybridized carbons (Fsp3) is 0.211. The highest BCUT2D eigenvalue weighted by molar-refractivity contribution is 5.50. The lowest BCUT2D eigenvalue weighted by atomic mass is 10.2. The highest BCUT2D eigenvalue weighted by Gasteiger charge is 2.08. The molecule has 4 nitrogen and oxygen atoms in total. The minimum Gasteiger partial charge on any atom is -0.439 e. The highest BCUT2D eigenvalue weighted by atomic mass is 16.5. The second kappa shape index (κ2) is 7.01. The number of benzene rings is 1. The molecule has 0 aliphatic rings. The molecule has 2 heterocycles. The van der Waals surface area contributed by atoms with Crippen molar-refractivity contribution in [3.05, 3.63) is 66.0 Å². The maximum absolute atomic E-state index is 5.90. The Balaban J connectivity index is 1.92. The first kappa shape index (κ1) is 15.2. The SMILES string of the molecule is CCc1ccc(Oc2cc(CC)nc(-c3ccccn3)n2)cc1. The standard InChI is InChI=1S/C19H19N3O/c1-3-14-8-10-16(11-9-14)23-18-13-15(4-2)21-19(22-18)17-7-5-6-12-20-17/h5-13H,3-4H2,1-2H3. The third-order valence-electron chi connectivity index (χ3n) is 3.57. The molecule has 0 bridgehead atoms. The zero-order chi connectivity index (χ0) is 16.1. The summed E-state index contributed by atoms with van der Waals surface area (Å²) >= 11 is 0. The molecule has 0 atom stereocenters. The lowest BCUT2D eigenvalue weighted by molar-refractivity contribution is 0.461. The van der Waals surface area contributed by atoms with Crippen molar-refractivity contribution in [2.75, 3.05) is 0 Å². The minimum atomic E-state index is 0.543. The molecule has 0 saturated carbocycles. The van der Waals surface area contributed by atoms with Gasteiger partial charge in [0, 0.05) is 18.0 Å². The molecule has 0 aliphatic heterocycles. The van der Waals surface area contributed by atoms with Crippen LogP contribution in [0.4, 0.5) is 0 Å². The normalized spacial score (nSPS) is 10.5. The first-order valence-electron chi connectivity index (χ1n) is 7.84. The number of pyridine rings is 1.